The van der Waals surface area contributed by atoms with E-state index >= 15 is 0 Å². The van der Waals surface area contributed by atoms with E-state index in [1.54, 1.807) is 0 Å². The van der Waals surface area contributed by atoms with Crippen LogP contribution >= 0.6 is 23.2 Å². The second-order valence-electron chi connectivity index (χ2n) is 2.60. The van der Waals surface area contributed by atoms with Gasteiger partial charge in [-0.05, 0) is 6.07 Å². The second-order valence-corrected chi connectivity index (χ2v) is 3.23. The molecule has 0 aliphatic rings. The van der Waals surface area contributed by atoms with Crippen LogP contribution in [0.3, 0.4) is 0 Å². The predicted octanol–water partition coefficient (Wildman–Crippen LogP) is 3.11. The van der Waals surface area contributed by atoms with Crippen LogP contribution in [-0.4, -0.2) is 16.1 Å². The molecule has 1 aromatic rings. The van der Waals surface area contributed by atoms with Gasteiger partial charge >= 0.3 is 5.97 Å². The fourth-order valence-electron chi connectivity index (χ4n) is 0.988. The molecule has 0 bridgehead atoms. The Labute approximate surface area is 93.6 Å². The van der Waals surface area contributed by atoms with Crippen molar-refractivity contribution in [1.29, 1.82) is 0 Å². The van der Waals surface area contributed by atoms with Crippen LogP contribution in [0.25, 0.3) is 0 Å². The van der Waals surface area contributed by atoms with E-state index in [4.69, 9.17) is 28.3 Å². The highest BCUT2D eigenvalue weighted by Crippen LogP contribution is 2.27. The number of alkyl halides is 3. The number of carbonyl (C=O) groups is 1. The Morgan fingerprint density at radius 1 is 1.60 bits per heavy atom. The molecule has 0 aromatic carbocycles. The van der Waals surface area contributed by atoms with Crippen molar-refractivity contribution in [1.82, 2.24) is 4.98 Å². The van der Waals surface area contributed by atoms with Gasteiger partial charge < -0.3 is 5.11 Å². The molecule has 1 heterocycles. The van der Waals surface area contributed by atoms with Crippen molar-refractivity contribution in [2.45, 2.75) is 12.3 Å². The number of hydrogen-bond acceptors (Lipinski definition) is 2. The number of hydrogen-bond donors (Lipinski definition) is 1. The quantitative estimate of drug-likeness (QED) is 0.667. The summed E-state index contributed by atoms with van der Waals surface area (Å²) in [6, 6.07) is 0.792. The first-order chi connectivity index (χ1) is 6.97. The summed E-state index contributed by atoms with van der Waals surface area (Å²) in [5.41, 5.74) is -1.07. The zero-order valence-electron chi connectivity index (χ0n) is 7.18. The van der Waals surface area contributed by atoms with E-state index in [1.165, 1.54) is 0 Å². The molecule has 1 rings (SSSR count). The van der Waals surface area contributed by atoms with E-state index in [2.05, 4.69) is 4.98 Å². The van der Waals surface area contributed by atoms with Crippen LogP contribution in [0.2, 0.25) is 5.15 Å². The number of aromatic nitrogens is 1. The Balaban J connectivity index is 3.37. The standard InChI is InChI=1S/C8H5Cl2F2NO2/c9-2-5-3(7(11)12)1-4(8(14)15)6(10)13-5/h1,7H,2H2,(H,14,15). The van der Waals surface area contributed by atoms with E-state index in [1.807, 2.05) is 0 Å². The summed E-state index contributed by atoms with van der Waals surface area (Å²) in [7, 11) is 0. The molecule has 1 N–H and O–H groups in total. The first-order valence-corrected chi connectivity index (χ1v) is 4.65. The Morgan fingerprint density at radius 3 is 2.60 bits per heavy atom. The largest absolute Gasteiger partial charge is 0.478 e. The molecule has 0 saturated heterocycles. The maximum Gasteiger partial charge on any atom is 0.338 e. The van der Waals surface area contributed by atoms with Crippen LogP contribution in [0.15, 0.2) is 6.07 Å². The van der Waals surface area contributed by atoms with E-state index in [0.717, 1.165) is 6.07 Å². The summed E-state index contributed by atoms with van der Waals surface area (Å²) in [5, 5.41) is 8.29. The Bertz CT molecular complexity index is 398. The minimum absolute atomic E-state index is 0.110. The van der Waals surface area contributed by atoms with Gasteiger partial charge in [0.1, 0.15) is 5.15 Å². The zero-order valence-corrected chi connectivity index (χ0v) is 8.69. The molecule has 0 spiro atoms. The van der Waals surface area contributed by atoms with Gasteiger partial charge in [-0.2, -0.15) is 0 Å². The van der Waals surface area contributed by atoms with Gasteiger partial charge in [0.05, 0.1) is 17.1 Å². The number of aromatic carboxylic acids is 1. The molecule has 0 fully saturated rings. The summed E-state index contributed by atoms with van der Waals surface area (Å²) in [4.78, 5) is 14.1. The van der Waals surface area contributed by atoms with Crippen molar-refractivity contribution in [2.24, 2.45) is 0 Å². The van der Waals surface area contributed by atoms with E-state index < -0.39 is 23.5 Å². The highest BCUT2D eigenvalue weighted by molar-refractivity contribution is 6.32. The van der Waals surface area contributed by atoms with Crippen molar-refractivity contribution in [2.75, 3.05) is 0 Å². The Morgan fingerprint density at radius 2 is 2.20 bits per heavy atom. The molecule has 7 heteroatoms. The summed E-state index contributed by atoms with van der Waals surface area (Å²) in [6.07, 6.45) is -2.83. The van der Waals surface area contributed by atoms with Crippen LogP contribution in [0.5, 0.6) is 0 Å². The first-order valence-electron chi connectivity index (χ1n) is 3.74. The smallest absolute Gasteiger partial charge is 0.338 e. The van der Waals surface area contributed by atoms with Crippen molar-refractivity contribution < 1.29 is 18.7 Å². The number of carboxylic acids is 1. The van der Waals surface area contributed by atoms with Gasteiger partial charge in [0.15, 0.2) is 0 Å². The van der Waals surface area contributed by atoms with Crippen LogP contribution in [0.4, 0.5) is 8.78 Å². The molecule has 0 atom stereocenters. The van der Waals surface area contributed by atoms with Gasteiger partial charge in [0, 0.05) is 5.56 Å². The molecule has 1 aromatic heterocycles. The van der Waals surface area contributed by atoms with Crippen LogP contribution < -0.4 is 0 Å². The maximum atomic E-state index is 12.5. The minimum atomic E-state index is -2.83. The summed E-state index contributed by atoms with van der Waals surface area (Å²) < 4.78 is 24.9. The Hall–Kier alpha value is -0.940. The molecule has 0 unspecified atom stereocenters. The van der Waals surface area contributed by atoms with Gasteiger partial charge in [0.2, 0.25) is 0 Å². The SMILES string of the molecule is O=C(O)c1cc(C(F)F)c(CCl)nc1Cl. The number of pyridine rings is 1. The third-order valence-corrected chi connectivity index (χ3v) is 2.22. The Kier molecular flexibility index (Phi) is 3.82. The van der Waals surface area contributed by atoms with E-state index in [-0.39, 0.29) is 16.7 Å². The van der Waals surface area contributed by atoms with E-state index in [9.17, 15) is 13.6 Å². The average Bonchev–Trinajstić information content (AvgIpc) is 2.16. The topological polar surface area (TPSA) is 50.2 Å². The minimum Gasteiger partial charge on any atom is -0.478 e. The van der Waals surface area contributed by atoms with Crippen molar-refractivity contribution >= 4 is 29.2 Å². The second kappa shape index (κ2) is 4.72. The maximum absolute atomic E-state index is 12.5. The van der Waals surface area contributed by atoms with Crippen LogP contribution in [0, 0.1) is 0 Å². The molecule has 3 nitrogen and oxygen atoms in total. The normalized spacial score (nSPS) is 10.7. The van der Waals surface area contributed by atoms with Gasteiger partial charge in [-0.1, -0.05) is 11.6 Å². The monoisotopic (exact) mass is 255 g/mol. The fraction of sp³-hybridized carbons (Fsp3) is 0.250. The molecule has 82 valence electrons. The first kappa shape index (κ1) is 12.1. The van der Waals surface area contributed by atoms with Gasteiger partial charge in [0.25, 0.3) is 6.43 Å². The third-order valence-electron chi connectivity index (χ3n) is 1.68. The van der Waals surface area contributed by atoms with Crippen LogP contribution in [0.1, 0.15) is 28.0 Å². The summed E-state index contributed by atoms with van der Waals surface area (Å²) in [6.45, 7) is 0. The van der Waals surface area contributed by atoms with Crippen molar-refractivity contribution in [3.63, 3.8) is 0 Å². The average molecular weight is 256 g/mol. The lowest BCUT2D eigenvalue weighted by atomic mass is 10.1. The number of nitrogens with zero attached hydrogens (tertiary/aromatic N) is 1. The lowest BCUT2D eigenvalue weighted by Crippen LogP contribution is -2.05. The van der Waals surface area contributed by atoms with Gasteiger partial charge in [-0.15, -0.1) is 11.6 Å². The third kappa shape index (κ3) is 2.54. The molecular formula is C8H5Cl2F2NO2. The highest BCUT2D eigenvalue weighted by Gasteiger charge is 2.20. The summed E-state index contributed by atoms with van der Waals surface area (Å²) in [5.74, 6) is -1.66. The number of carboxylic acid groups (broad SMARTS) is 1. The molecule has 0 aliphatic carbocycles. The van der Waals surface area contributed by atoms with Crippen LogP contribution in [-0.2, 0) is 5.88 Å². The zero-order chi connectivity index (χ0) is 11.6. The van der Waals surface area contributed by atoms with Crippen molar-refractivity contribution in [3.05, 3.63) is 28.0 Å². The lowest BCUT2D eigenvalue weighted by Gasteiger charge is -2.07. The molecule has 0 aliphatic heterocycles. The number of halogens is 4. The summed E-state index contributed by atoms with van der Waals surface area (Å²) >= 11 is 10.9. The van der Waals surface area contributed by atoms with Gasteiger partial charge in [-0.3, -0.25) is 0 Å². The van der Waals surface area contributed by atoms with Crippen molar-refractivity contribution in [3.8, 4) is 0 Å². The van der Waals surface area contributed by atoms with E-state index in [0.29, 0.717) is 0 Å². The molecule has 0 amide bonds. The fourth-order valence-corrected chi connectivity index (χ4v) is 1.44. The molecule has 0 radical (unpaired) electrons. The highest BCUT2D eigenvalue weighted by atomic mass is 35.5. The lowest BCUT2D eigenvalue weighted by molar-refractivity contribution is 0.0696. The molecule has 15 heavy (non-hydrogen) atoms. The molecule has 0 saturated carbocycles. The molecular weight excluding hydrogens is 251 g/mol. The van der Waals surface area contributed by atoms with Gasteiger partial charge in [-0.25, -0.2) is 18.6 Å². The predicted molar refractivity (Wildman–Crippen MR) is 50.7 cm³/mol. The number of rotatable bonds is 3.